The molecule has 0 spiro atoms. The second-order valence-corrected chi connectivity index (χ2v) is 4.63. The molecule has 0 radical (unpaired) electrons. The van der Waals surface area contributed by atoms with Gasteiger partial charge in [0.05, 0.1) is 6.61 Å². The minimum atomic E-state index is -0.263. The van der Waals surface area contributed by atoms with Gasteiger partial charge in [-0.25, -0.2) is 4.39 Å². The van der Waals surface area contributed by atoms with Crippen molar-refractivity contribution in [3.05, 3.63) is 65.5 Å². The second-order valence-electron chi connectivity index (χ2n) is 4.63. The monoisotopic (exact) mass is 289 g/mol. The van der Waals surface area contributed by atoms with Gasteiger partial charge >= 0.3 is 0 Å². The highest BCUT2D eigenvalue weighted by atomic mass is 19.1. The topological polar surface area (TPSA) is 30.5 Å². The van der Waals surface area contributed by atoms with Crippen LogP contribution >= 0.6 is 0 Å². The Morgan fingerprint density at radius 1 is 1.10 bits per heavy atom. The molecule has 0 saturated carbocycles. The quantitative estimate of drug-likeness (QED) is 0.596. The van der Waals surface area contributed by atoms with E-state index in [9.17, 15) is 4.39 Å². The fourth-order valence-corrected chi connectivity index (χ4v) is 1.93. The molecule has 2 aromatic carbocycles. The molecule has 0 amide bonds. The Hall–Kier alpha value is -1.91. The zero-order chi connectivity index (χ0) is 14.9. The SMILES string of the molecule is CCNCc1cc(F)ccc1OCOCc1ccccc1. The first-order chi connectivity index (χ1) is 10.3. The standard InChI is InChI=1S/C17H20FNO2/c1-2-19-11-15-10-16(18)8-9-17(15)21-13-20-12-14-6-4-3-5-7-14/h3-10,19H,2,11-13H2,1H3. The molecule has 2 aromatic rings. The van der Waals surface area contributed by atoms with Crippen LogP contribution in [-0.4, -0.2) is 13.3 Å². The normalized spacial score (nSPS) is 10.6. The van der Waals surface area contributed by atoms with Gasteiger partial charge < -0.3 is 14.8 Å². The van der Waals surface area contributed by atoms with Crippen LogP contribution in [0.15, 0.2) is 48.5 Å². The number of rotatable bonds is 8. The van der Waals surface area contributed by atoms with E-state index in [0.717, 1.165) is 17.7 Å². The van der Waals surface area contributed by atoms with Crippen molar-refractivity contribution >= 4 is 0 Å². The van der Waals surface area contributed by atoms with E-state index in [2.05, 4.69) is 5.32 Å². The van der Waals surface area contributed by atoms with Crippen molar-refractivity contribution in [2.75, 3.05) is 13.3 Å². The largest absolute Gasteiger partial charge is 0.467 e. The van der Waals surface area contributed by atoms with Crippen molar-refractivity contribution in [1.82, 2.24) is 5.32 Å². The predicted octanol–water partition coefficient (Wildman–Crippen LogP) is 3.49. The fraction of sp³-hybridized carbons (Fsp3) is 0.294. The summed E-state index contributed by atoms with van der Waals surface area (Å²) >= 11 is 0. The summed E-state index contributed by atoms with van der Waals surface area (Å²) in [5, 5.41) is 3.16. The van der Waals surface area contributed by atoms with Gasteiger partial charge in [-0.2, -0.15) is 0 Å². The molecule has 0 unspecified atom stereocenters. The van der Waals surface area contributed by atoms with E-state index in [1.165, 1.54) is 12.1 Å². The van der Waals surface area contributed by atoms with Gasteiger partial charge in [0.25, 0.3) is 0 Å². The molecule has 4 heteroatoms. The van der Waals surface area contributed by atoms with Crippen LogP contribution in [0, 0.1) is 5.82 Å². The first kappa shape index (κ1) is 15.5. The van der Waals surface area contributed by atoms with E-state index in [0.29, 0.717) is 18.9 Å². The third-order valence-corrected chi connectivity index (χ3v) is 3.00. The lowest BCUT2D eigenvalue weighted by molar-refractivity contribution is 0.00445. The van der Waals surface area contributed by atoms with Gasteiger partial charge in [-0.3, -0.25) is 0 Å². The molecule has 0 bridgehead atoms. The smallest absolute Gasteiger partial charge is 0.189 e. The van der Waals surface area contributed by atoms with Gasteiger partial charge in [0.2, 0.25) is 0 Å². The molecule has 3 nitrogen and oxygen atoms in total. The summed E-state index contributed by atoms with van der Waals surface area (Å²) in [6.07, 6.45) is 0. The van der Waals surface area contributed by atoms with Crippen LogP contribution in [0.3, 0.4) is 0 Å². The summed E-state index contributed by atoms with van der Waals surface area (Å²) < 4.78 is 24.3. The van der Waals surface area contributed by atoms with Crippen molar-refractivity contribution in [2.45, 2.75) is 20.1 Å². The number of hydrogen-bond acceptors (Lipinski definition) is 3. The summed E-state index contributed by atoms with van der Waals surface area (Å²) in [5.41, 5.74) is 1.88. The molecule has 0 heterocycles. The molecule has 0 aromatic heterocycles. The van der Waals surface area contributed by atoms with Crippen molar-refractivity contribution in [3.8, 4) is 5.75 Å². The van der Waals surface area contributed by atoms with E-state index in [1.54, 1.807) is 6.07 Å². The molecule has 0 aliphatic heterocycles. The predicted molar refractivity (Wildman–Crippen MR) is 80.5 cm³/mol. The average molecular weight is 289 g/mol. The van der Waals surface area contributed by atoms with E-state index in [1.807, 2.05) is 37.3 Å². The van der Waals surface area contributed by atoms with Gasteiger partial charge in [-0.05, 0) is 30.3 Å². The van der Waals surface area contributed by atoms with Gasteiger partial charge in [0.1, 0.15) is 11.6 Å². The minimum Gasteiger partial charge on any atom is -0.467 e. The minimum absolute atomic E-state index is 0.139. The van der Waals surface area contributed by atoms with E-state index in [4.69, 9.17) is 9.47 Å². The Labute approximate surface area is 124 Å². The van der Waals surface area contributed by atoms with Crippen molar-refractivity contribution in [3.63, 3.8) is 0 Å². The Morgan fingerprint density at radius 2 is 1.90 bits per heavy atom. The summed E-state index contributed by atoms with van der Waals surface area (Å²) in [5.74, 6) is 0.380. The molecule has 0 atom stereocenters. The molecule has 0 aliphatic carbocycles. The first-order valence-corrected chi connectivity index (χ1v) is 7.03. The van der Waals surface area contributed by atoms with Gasteiger partial charge in [0, 0.05) is 12.1 Å². The molecule has 21 heavy (non-hydrogen) atoms. The molecule has 112 valence electrons. The van der Waals surface area contributed by atoms with E-state index < -0.39 is 0 Å². The lowest BCUT2D eigenvalue weighted by Crippen LogP contribution is -2.13. The first-order valence-electron chi connectivity index (χ1n) is 7.03. The van der Waals surface area contributed by atoms with Gasteiger partial charge in [-0.15, -0.1) is 0 Å². The molecule has 0 fully saturated rings. The number of benzene rings is 2. The fourth-order valence-electron chi connectivity index (χ4n) is 1.93. The molecule has 2 rings (SSSR count). The van der Waals surface area contributed by atoms with Crippen molar-refractivity contribution < 1.29 is 13.9 Å². The summed E-state index contributed by atoms with van der Waals surface area (Å²) in [7, 11) is 0. The van der Waals surface area contributed by atoms with Gasteiger partial charge in [-0.1, -0.05) is 37.3 Å². The number of halogens is 1. The van der Waals surface area contributed by atoms with Crippen LogP contribution in [-0.2, 0) is 17.9 Å². The lowest BCUT2D eigenvalue weighted by atomic mass is 10.2. The van der Waals surface area contributed by atoms with Crippen molar-refractivity contribution in [2.24, 2.45) is 0 Å². The Kier molecular flexibility index (Phi) is 6.19. The summed E-state index contributed by atoms with van der Waals surface area (Å²) in [6, 6.07) is 14.4. The Morgan fingerprint density at radius 3 is 2.67 bits per heavy atom. The molecular formula is C17H20FNO2. The van der Waals surface area contributed by atoms with Crippen LogP contribution in [0.1, 0.15) is 18.1 Å². The average Bonchev–Trinajstić information content (AvgIpc) is 2.52. The molecule has 0 saturated heterocycles. The Balaban J connectivity index is 1.84. The van der Waals surface area contributed by atoms with Crippen LogP contribution < -0.4 is 10.1 Å². The van der Waals surface area contributed by atoms with Crippen LogP contribution in [0.4, 0.5) is 4.39 Å². The summed E-state index contributed by atoms with van der Waals surface area (Å²) in [6.45, 7) is 4.02. The van der Waals surface area contributed by atoms with E-state index in [-0.39, 0.29) is 12.6 Å². The zero-order valence-corrected chi connectivity index (χ0v) is 12.1. The molecule has 1 N–H and O–H groups in total. The third-order valence-electron chi connectivity index (χ3n) is 3.00. The third kappa shape index (κ3) is 5.17. The zero-order valence-electron chi connectivity index (χ0n) is 12.1. The summed E-state index contributed by atoms with van der Waals surface area (Å²) in [4.78, 5) is 0. The molecule has 0 aliphatic rings. The number of nitrogens with one attached hydrogen (secondary N) is 1. The maximum atomic E-state index is 13.3. The second kappa shape index (κ2) is 8.39. The lowest BCUT2D eigenvalue weighted by Gasteiger charge is -2.12. The van der Waals surface area contributed by atoms with E-state index >= 15 is 0 Å². The number of hydrogen-bond donors (Lipinski definition) is 1. The van der Waals surface area contributed by atoms with Crippen molar-refractivity contribution in [1.29, 1.82) is 0 Å². The molecular weight excluding hydrogens is 269 g/mol. The highest BCUT2D eigenvalue weighted by Gasteiger charge is 2.05. The van der Waals surface area contributed by atoms with Crippen LogP contribution in [0.5, 0.6) is 5.75 Å². The number of ether oxygens (including phenoxy) is 2. The highest BCUT2D eigenvalue weighted by Crippen LogP contribution is 2.19. The Bertz CT molecular complexity index is 546. The van der Waals surface area contributed by atoms with Crippen LogP contribution in [0.2, 0.25) is 0 Å². The van der Waals surface area contributed by atoms with Crippen LogP contribution in [0.25, 0.3) is 0 Å². The maximum Gasteiger partial charge on any atom is 0.189 e. The van der Waals surface area contributed by atoms with Gasteiger partial charge in [0.15, 0.2) is 6.79 Å². The maximum absolute atomic E-state index is 13.3. The highest BCUT2D eigenvalue weighted by molar-refractivity contribution is 5.33.